The molecule has 0 radical (unpaired) electrons. The van der Waals surface area contributed by atoms with E-state index in [4.69, 9.17) is 14.6 Å². The Bertz CT molecular complexity index is 1500. The van der Waals surface area contributed by atoms with Crippen LogP contribution in [0.3, 0.4) is 0 Å². The zero-order chi connectivity index (χ0) is 33.8. The Kier molecular flexibility index (Phi) is 11.7. The van der Waals surface area contributed by atoms with Gasteiger partial charge < -0.3 is 40.1 Å². The predicted molar refractivity (Wildman–Crippen MR) is 155 cm³/mol. The first kappa shape index (κ1) is 35.9. The summed E-state index contributed by atoms with van der Waals surface area (Å²) in [4.78, 5) is 32.4. The Labute approximate surface area is 258 Å². The molecule has 1 fully saturated rings. The Balaban J connectivity index is 1.80. The van der Waals surface area contributed by atoms with Gasteiger partial charge in [0.1, 0.15) is 24.1 Å². The van der Waals surface area contributed by atoms with Crippen molar-refractivity contribution in [3.05, 3.63) is 47.4 Å². The minimum Gasteiger partial charge on any atom is -0.479 e. The van der Waals surface area contributed by atoms with Gasteiger partial charge in [0.05, 0.1) is 36.3 Å². The standard InChI is InChI=1S/C28H36FN3O12S/c1-13(2)20-18(21(14-5-7-15(29)8-6-14)31-28(30-20)32(3)45(4,41)42)10-9-16(33)11-17(34)12-19(35)43-27-24(38)22(36)23(37)25(44-27)26(39)40/h5-10,13,16-17,22-25,27,33-34,36-38H,11-12H2,1-4H3,(H,39,40)/b10-9+/t16-,17-,22-,23-,24+,25-,27+/m0/s1. The molecule has 1 aromatic carbocycles. The molecule has 17 heteroatoms. The van der Waals surface area contributed by atoms with Gasteiger partial charge >= 0.3 is 11.9 Å². The van der Waals surface area contributed by atoms with Gasteiger partial charge in [0, 0.05) is 24.6 Å². The van der Waals surface area contributed by atoms with Crippen LogP contribution in [0.25, 0.3) is 17.3 Å². The number of aliphatic carboxylic acids is 1. The van der Waals surface area contributed by atoms with Crippen molar-refractivity contribution in [2.45, 2.75) is 75.5 Å². The fourth-order valence-corrected chi connectivity index (χ4v) is 4.74. The molecule has 0 bridgehead atoms. The molecule has 7 atom stereocenters. The van der Waals surface area contributed by atoms with Crippen LogP contribution in [0.4, 0.5) is 10.3 Å². The van der Waals surface area contributed by atoms with Gasteiger partial charge in [0.25, 0.3) is 0 Å². The maximum absolute atomic E-state index is 13.7. The van der Waals surface area contributed by atoms with Crippen LogP contribution in [0.15, 0.2) is 30.3 Å². The molecular formula is C28H36FN3O12S. The number of nitrogens with zero attached hydrogens (tertiary/aromatic N) is 3. The van der Waals surface area contributed by atoms with E-state index in [1.54, 1.807) is 13.8 Å². The molecule has 2 heterocycles. The highest BCUT2D eigenvalue weighted by molar-refractivity contribution is 7.92. The molecule has 0 spiro atoms. The second-order valence-electron chi connectivity index (χ2n) is 10.8. The highest BCUT2D eigenvalue weighted by Crippen LogP contribution is 2.32. The lowest BCUT2D eigenvalue weighted by molar-refractivity contribution is -0.286. The first-order valence-electron chi connectivity index (χ1n) is 13.7. The van der Waals surface area contributed by atoms with Gasteiger partial charge in [-0.2, -0.15) is 0 Å². The molecule has 1 aliphatic heterocycles. The van der Waals surface area contributed by atoms with Crippen LogP contribution in [-0.4, -0.2) is 117 Å². The van der Waals surface area contributed by atoms with Gasteiger partial charge in [-0.1, -0.05) is 26.0 Å². The third-order valence-electron chi connectivity index (χ3n) is 6.87. The SMILES string of the molecule is CC(C)c1nc(N(C)S(C)(=O)=O)nc(-c2ccc(F)cc2)c1/C=C/[C@H](O)C[C@H](O)CC(=O)O[C@@H]1O[C@H](C(=O)O)[C@@H](O)[C@H](O)[C@H]1O. The molecule has 0 unspecified atom stereocenters. The topological polar surface area (TPSA) is 237 Å². The van der Waals surface area contributed by atoms with Gasteiger partial charge in [0.15, 0.2) is 6.10 Å². The van der Waals surface area contributed by atoms with Crippen molar-refractivity contribution in [3.63, 3.8) is 0 Å². The van der Waals surface area contributed by atoms with E-state index < -0.39 is 83.5 Å². The Morgan fingerprint density at radius 2 is 1.71 bits per heavy atom. The number of carbonyl (C=O) groups is 2. The lowest BCUT2D eigenvalue weighted by atomic mass is 9.97. The summed E-state index contributed by atoms with van der Waals surface area (Å²) in [7, 11) is -2.45. The molecule has 1 saturated heterocycles. The number of aliphatic hydroxyl groups is 5. The number of sulfonamides is 1. The fourth-order valence-electron chi connectivity index (χ4n) is 4.36. The van der Waals surface area contributed by atoms with Gasteiger partial charge in [-0.15, -0.1) is 0 Å². The minimum absolute atomic E-state index is 0.129. The van der Waals surface area contributed by atoms with Crippen molar-refractivity contribution < 1.29 is 62.5 Å². The summed E-state index contributed by atoms with van der Waals surface area (Å²) in [5, 5.41) is 59.7. The monoisotopic (exact) mass is 657 g/mol. The lowest BCUT2D eigenvalue weighted by Crippen LogP contribution is -2.60. The summed E-state index contributed by atoms with van der Waals surface area (Å²) < 4.78 is 48.7. The first-order valence-corrected chi connectivity index (χ1v) is 15.5. The van der Waals surface area contributed by atoms with Crippen molar-refractivity contribution in [1.82, 2.24) is 9.97 Å². The van der Waals surface area contributed by atoms with E-state index >= 15 is 0 Å². The van der Waals surface area contributed by atoms with Gasteiger partial charge in [-0.05, 0) is 30.2 Å². The van der Waals surface area contributed by atoms with E-state index in [0.29, 0.717) is 16.8 Å². The molecule has 248 valence electrons. The summed E-state index contributed by atoms with van der Waals surface area (Å²) >= 11 is 0. The number of anilines is 1. The highest BCUT2D eigenvalue weighted by atomic mass is 32.2. The third-order valence-corrected chi connectivity index (χ3v) is 8.03. The summed E-state index contributed by atoms with van der Waals surface area (Å²) in [5.74, 6) is -3.74. The average Bonchev–Trinajstić information content (AvgIpc) is 2.95. The zero-order valence-electron chi connectivity index (χ0n) is 24.8. The maximum atomic E-state index is 13.7. The third kappa shape index (κ3) is 9.00. The van der Waals surface area contributed by atoms with E-state index in [2.05, 4.69) is 9.97 Å². The second-order valence-corrected chi connectivity index (χ2v) is 12.8. The van der Waals surface area contributed by atoms with E-state index in [-0.39, 0.29) is 17.6 Å². The number of aromatic nitrogens is 2. The maximum Gasteiger partial charge on any atom is 0.335 e. The number of ether oxygens (including phenoxy) is 2. The molecule has 0 aliphatic carbocycles. The molecular weight excluding hydrogens is 621 g/mol. The van der Waals surface area contributed by atoms with Crippen LogP contribution in [0.5, 0.6) is 0 Å². The van der Waals surface area contributed by atoms with Gasteiger partial charge in [0.2, 0.25) is 22.3 Å². The van der Waals surface area contributed by atoms with Crippen molar-refractivity contribution >= 4 is 34.0 Å². The average molecular weight is 658 g/mol. The summed E-state index contributed by atoms with van der Waals surface area (Å²) in [6.45, 7) is 3.60. The van der Waals surface area contributed by atoms with Crippen LogP contribution < -0.4 is 4.31 Å². The first-order chi connectivity index (χ1) is 20.9. The van der Waals surface area contributed by atoms with Crippen LogP contribution in [0, 0.1) is 5.82 Å². The number of carbonyl (C=O) groups excluding carboxylic acids is 1. The van der Waals surface area contributed by atoms with E-state index in [1.165, 1.54) is 43.5 Å². The summed E-state index contributed by atoms with van der Waals surface area (Å²) in [6, 6.07) is 5.29. The number of aliphatic hydroxyl groups excluding tert-OH is 5. The highest BCUT2D eigenvalue weighted by Gasteiger charge is 2.48. The second kappa shape index (κ2) is 14.7. The van der Waals surface area contributed by atoms with E-state index in [9.17, 15) is 47.9 Å². The van der Waals surface area contributed by atoms with Crippen LogP contribution in [0.2, 0.25) is 0 Å². The Hall–Kier alpha value is -3.58. The Morgan fingerprint density at radius 3 is 2.27 bits per heavy atom. The quantitative estimate of drug-likeness (QED) is 0.162. The van der Waals surface area contributed by atoms with Crippen LogP contribution in [-0.2, 0) is 29.1 Å². The molecule has 1 aromatic heterocycles. The number of esters is 1. The lowest BCUT2D eigenvalue weighted by Gasteiger charge is -2.38. The molecule has 6 N–H and O–H groups in total. The zero-order valence-corrected chi connectivity index (χ0v) is 25.6. The number of carboxylic acid groups (broad SMARTS) is 1. The predicted octanol–water partition coefficient (Wildman–Crippen LogP) is -0.247. The normalized spacial score (nSPS) is 23.6. The number of carboxylic acids is 1. The summed E-state index contributed by atoms with van der Waals surface area (Å²) in [5.41, 5.74) is 1.45. The number of hydrogen-bond donors (Lipinski definition) is 6. The Morgan fingerprint density at radius 1 is 1.09 bits per heavy atom. The van der Waals surface area contributed by atoms with Crippen molar-refractivity contribution in [3.8, 4) is 11.3 Å². The van der Waals surface area contributed by atoms with Crippen molar-refractivity contribution in [2.24, 2.45) is 0 Å². The van der Waals surface area contributed by atoms with Gasteiger partial charge in [-0.3, -0.25) is 4.79 Å². The van der Waals surface area contributed by atoms with Crippen molar-refractivity contribution in [1.29, 1.82) is 0 Å². The van der Waals surface area contributed by atoms with Crippen LogP contribution in [0.1, 0.15) is 43.9 Å². The fraction of sp³-hybridized carbons (Fsp3) is 0.500. The largest absolute Gasteiger partial charge is 0.479 e. The number of rotatable bonds is 12. The van der Waals surface area contributed by atoms with E-state index in [1.807, 2.05) is 0 Å². The number of benzene rings is 1. The number of halogens is 1. The molecule has 0 saturated carbocycles. The summed E-state index contributed by atoms with van der Waals surface area (Å²) in [6.07, 6.45) is -10.1. The van der Waals surface area contributed by atoms with Crippen molar-refractivity contribution in [2.75, 3.05) is 17.6 Å². The molecule has 15 nitrogen and oxygen atoms in total. The van der Waals surface area contributed by atoms with E-state index in [0.717, 1.165) is 10.6 Å². The molecule has 3 rings (SSSR count). The molecule has 0 amide bonds. The smallest absolute Gasteiger partial charge is 0.335 e. The molecule has 2 aromatic rings. The molecule has 1 aliphatic rings. The molecule has 45 heavy (non-hydrogen) atoms. The van der Waals surface area contributed by atoms with Gasteiger partial charge in [-0.25, -0.2) is 31.9 Å². The number of hydrogen-bond acceptors (Lipinski definition) is 13. The minimum atomic E-state index is -3.74. The van der Waals surface area contributed by atoms with Crippen LogP contribution >= 0.6 is 0 Å².